The third kappa shape index (κ3) is 5.94. The number of nitro benzene ring substituents is 1. The second kappa shape index (κ2) is 9.89. The molecule has 1 aromatic rings. The summed E-state index contributed by atoms with van der Waals surface area (Å²) < 4.78 is 10.4. The highest BCUT2D eigenvalue weighted by molar-refractivity contribution is 5.93. The van der Waals surface area contributed by atoms with Crippen molar-refractivity contribution in [2.45, 2.75) is 64.5 Å². The lowest BCUT2D eigenvalue weighted by Crippen LogP contribution is -2.41. The van der Waals surface area contributed by atoms with Crippen LogP contribution in [0.5, 0.6) is 5.75 Å². The minimum absolute atomic E-state index is 0.000676. The molecule has 2 rings (SSSR count). The van der Waals surface area contributed by atoms with Crippen molar-refractivity contribution in [1.29, 1.82) is 0 Å². The molecule has 0 bridgehead atoms. The van der Waals surface area contributed by atoms with Gasteiger partial charge in [-0.2, -0.15) is 0 Å². The van der Waals surface area contributed by atoms with Crippen LogP contribution in [0, 0.1) is 10.1 Å². The molecular formula is C19H26N2O6. The van der Waals surface area contributed by atoms with Crippen molar-refractivity contribution < 1.29 is 24.0 Å². The Kier molecular flexibility index (Phi) is 7.57. The van der Waals surface area contributed by atoms with E-state index in [0.717, 1.165) is 31.7 Å². The van der Waals surface area contributed by atoms with Crippen LogP contribution >= 0.6 is 0 Å². The first kappa shape index (κ1) is 20.7. The first-order chi connectivity index (χ1) is 12.9. The third-order valence-electron chi connectivity index (χ3n) is 4.55. The van der Waals surface area contributed by atoms with E-state index in [0.29, 0.717) is 0 Å². The van der Waals surface area contributed by atoms with E-state index in [1.54, 1.807) is 6.92 Å². The van der Waals surface area contributed by atoms with Gasteiger partial charge in [-0.3, -0.25) is 14.9 Å². The molecule has 1 aromatic carbocycles. The Labute approximate surface area is 158 Å². The smallest absolute Gasteiger partial charge is 0.339 e. The number of rotatable bonds is 7. The second-order valence-electron chi connectivity index (χ2n) is 6.62. The summed E-state index contributed by atoms with van der Waals surface area (Å²) in [4.78, 5) is 35.1. The minimum Gasteiger partial charge on any atom is -0.487 e. The van der Waals surface area contributed by atoms with Gasteiger partial charge in [0.1, 0.15) is 0 Å². The summed E-state index contributed by atoms with van der Waals surface area (Å²) >= 11 is 0. The molecule has 0 heterocycles. The molecule has 0 spiro atoms. The van der Waals surface area contributed by atoms with E-state index < -0.39 is 17.0 Å². The summed E-state index contributed by atoms with van der Waals surface area (Å²) in [6.45, 7) is 3.47. The van der Waals surface area contributed by atoms with Crippen LogP contribution in [0.3, 0.4) is 0 Å². The standard InChI is InChI=1S/C19H26N2O6/c1-3-26-17-11-10-14(12-16(17)21(24)25)19(23)27-13(2)18(22)20-15-8-6-4-5-7-9-15/h10-13,15H,3-9H2,1-2H3,(H,20,22)/t13-/m0/s1. The highest BCUT2D eigenvalue weighted by Crippen LogP contribution is 2.28. The summed E-state index contributed by atoms with van der Waals surface area (Å²) in [6.07, 6.45) is 5.38. The number of esters is 1. The van der Waals surface area contributed by atoms with Crippen molar-refractivity contribution in [2.75, 3.05) is 6.61 Å². The molecule has 1 aliphatic rings. The lowest BCUT2D eigenvalue weighted by atomic mass is 10.1. The predicted octanol–water partition coefficient (Wildman–Crippen LogP) is 3.38. The van der Waals surface area contributed by atoms with Crippen LogP contribution in [-0.2, 0) is 9.53 Å². The van der Waals surface area contributed by atoms with Gasteiger partial charge in [-0.25, -0.2) is 4.79 Å². The maximum atomic E-state index is 12.3. The van der Waals surface area contributed by atoms with Gasteiger partial charge in [-0.15, -0.1) is 0 Å². The van der Waals surface area contributed by atoms with Crippen molar-refractivity contribution in [2.24, 2.45) is 0 Å². The highest BCUT2D eigenvalue weighted by Gasteiger charge is 2.24. The molecule has 0 radical (unpaired) electrons. The molecule has 1 aliphatic carbocycles. The van der Waals surface area contributed by atoms with Gasteiger partial charge in [0.15, 0.2) is 11.9 Å². The summed E-state index contributed by atoms with van der Waals surface area (Å²) in [5.41, 5.74) is -0.318. The average Bonchev–Trinajstić information content (AvgIpc) is 2.90. The minimum atomic E-state index is -0.980. The molecular weight excluding hydrogens is 352 g/mol. The van der Waals surface area contributed by atoms with Gasteiger partial charge in [0.25, 0.3) is 5.91 Å². The molecule has 8 nitrogen and oxygen atoms in total. The number of carbonyl (C=O) groups excluding carboxylic acids is 2. The maximum Gasteiger partial charge on any atom is 0.339 e. The quantitative estimate of drug-likeness (QED) is 0.337. The first-order valence-corrected chi connectivity index (χ1v) is 9.35. The summed E-state index contributed by atoms with van der Waals surface area (Å²) in [5, 5.41) is 14.1. The van der Waals surface area contributed by atoms with Crippen LogP contribution in [0.4, 0.5) is 5.69 Å². The van der Waals surface area contributed by atoms with Crippen LogP contribution in [0.25, 0.3) is 0 Å². The second-order valence-corrected chi connectivity index (χ2v) is 6.62. The average molecular weight is 378 g/mol. The van der Waals surface area contributed by atoms with Crippen molar-refractivity contribution in [3.05, 3.63) is 33.9 Å². The van der Waals surface area contributed by atoms with Crippen LogP contribution < -0.4 is 10.1 Å². The van der Waals surface area contributed by atoms with Gasteiger partial charge in [0.2, 0.25) is 0 Å². The first-order valence-electron chi connectivity index (χ1n) is 9.35. The van der Waals surface area contributed by atoms with Gasteiger partial charge in [-0.05, 0) is 38.8 Å². The summed E-state index contributed by atoms with van der Waals surface area (Å²) in [6, 6.07) is 3.95. The van der Waals surface area contributed by atoms with E-state index in [1.807, 2.05) is 0 Å². The molecule has 1 saturated carbocycles. The fraction of sp³-hybridized carbons (Fsp3) is 0.579. The normalized spacial score (nSPS) is 16.1. The Bertz CT molecular complexity index is 683. The Morgan fingerprint density at radius 1 is 1.26 bits per heavy atom. The van der Waals surface area contributed by atoms with Crippen molar-refractivity contribution in [1.82, 2.24) is 5.32 Å². The number of benzene rings is 1. The van der Waals surface area contributed by atoms with E-state index in [9.17, 15) is 19.7 Å². The number of amides is 1. The largest absolute Gasteiger partial charge is 0.487 e. The summed E-state index contributed by atoms with van der Waals surface area (Å²) in [5.74, 6) is -1.06. The van der Waals surface area contributed by atoms with Gasteiger partial charge < -0.3 is 14.8 Å². The van der Waals surface area contributed by atoms with E-state index in [-0.39, 0.29) is 35.6 Å². The molecule has 1 fully saturated rings. The molecule has 1 N–H and O–H groups in total. The fourth-order valence-corrected chi connectivity index (χ4v) is 3.09. The highest BCUT2D eigenvalue weighted by atomic mass is 16.6. The van der Waals surface area contributed by atoms with Crippen LogP contribution in [-0.4, -0.2) is 35.6 Å². The van der Waals surface area contributed by atoms with Gasteiger partial charge in [0, 0.05) is 12.1 Å². The topological polar surface area (TPSA) is 108 Å². The molecule has 1 atom stereocenters. The zero-order valence-electron chi connectivity index (χ0n) is 15.7. The monoisotopic (exact) mass is 378 g/mol. The number of nitro groups is 1. The van der Waals surface area contributed by atoms with Crippen LogP contribution in [0.15, 0.2) is 18.2 Å². The van der Waals surface area contributed by atoms with Gasteiger partial charge in [-0.1, -0.05) is 25.7 Å². The Morgan fingerprint density at radius 3 is 2.52 bits per heavy atom. The molecule has 0 unspecified atom stereocenters. The predicted molar refractivity (Wildman–Crippen MR) is 98.8 cm³/mol. The number of hydrogen-bond acceptors (Lipinski definition) is 6. The van der Waals surface area contributed by atoms with Crippen LogP contribution in [0.1, 0.15) is 62.7 Å². The van der Waals surface area contributed by atoms with E-state index in [4.69, 9.17) is 9.47 Å². The number of hydrogen-bond donors (Lipinski definition) is 1. The lowest BCUT2D eigenvalue weighted by molar-refractivity contribution is -0.385. The van der Waals surface area contributed by atoms with E-state index in [1.165, 1.54) is 31.9 Å². The summed E-state index contributed by atoms with van der Waals surface area (Å²) in [7, 11) is 0. The van der Waals surface area contributed by atoms with Gasteiger partial charge in [0.05, 0.1) is 17.1 Å². The van der Waals surface area contributed by atoms with Crippen molar-refractivity contribution in [3.63, 3.8) is 0 Å². The lowest BCUT2D eigenvalue weighted by Gasteiger charge is -2.19. The number of ether oxygens (including phenoxy) is 2. The molecule has 0 aromatic heterocycles. The molecule has 8 heteroatoms. The number of nitrogens with one attached hydrogen (secondary N) is 1. The maximum absolute atomic E-state index is 12.3. The van der Waals surface area contributed by atoms with Crippen molar-refractivity contribution in [3.8, 4) is 5.75 Å². The molecule has 0 saturated heterocycles. The van der Waals surface area contributed by atoms with Gasteiger partial charge >= 0.3 is 11.7 Å². The zero-order valence-corrected chi connectivity index (χ0v) is 15.7. The van der Waals surface area contributed by atoms with Crippen LogP contribution in [0.2, 0.25) is 0 Å². The molecule has 27 heavy (non-hydrogen) atoms. The molecule has 0 aliphatic heterocycles. The Balaban J connectivity index is 1.99. The SMILES string of the molecule is CCOc1ccc(C(=O)O[C@@H](C)C(=O)NC2CCCCCC2)cc1[N+](=O)[O-]. The van der Waals surface area contributed by atoms with E-state index in [2.05, 4.69) is 5.32 Å². The third-order valence-corrected chi connectivity index (χ3v) is 4.55. The molecule has 1 amide bonds. The van der Waals surface area contributed by atoms with E-state index >= 15 is 0 Å². The number of nitrogens with zero attached hydrogens (tertiary/aromatic N) is 1. The molecule has 148 valence electrons. The fourth-order valence-electron chi connectivity index (χ4n) is 3.09. The number of carbonyl (C=O) groups is 2. The Morgan fingerprint density at radius 2 is 1.93 bits per heavy atom. The van der Waals surface area contributed by atoms with Crippen molar-refractivity contribution >= 4 is 17.6 Å². The zero-order chi connectivity index (χ0) is 19.8. The Hall–Kier alpha value is -2.64.